The Hall–Kier alpha value is -3.67. The average Bonchev–Trinajstić information content (AvgIpc) is 3.44. The molecule has 0 aromatic heterocycles. The molecule has 78 heavy (non-hydrogen) atoms. The summed E-state index contributed by atoms with van der Waals surface area (Å²) in [6.07, 6.45) is 88.5. The molecule has 0 rings (SSSR count). The van der Waals surface area contributed by atoms with Gasteiger partial charge in [-0.1, -0.05) is 304 Å². The van der Waals surface area contributed by atoms with Gasteiger partial charge >= 0.3 is 17.9 Å². The summed E-state index contributed by atoms with van der Waals surface area (Å²) in [6.45, 7) is 6.48. The average molecular weight is 1090 g/mol. The molecule has 0 aromatic rings. The monoisotopic (exact) mass is 1080 g/mol. The van der Waals surface area contributed by atoms with E-state index in [9.17, 15) is 14.4 Å². The second-order valence-corrected chi connectivity index (χ2v) is 22.0. The minimum atomic E-state index is -0.784. The van der Waals surface area contributed by atoms with Gasteiger partial charge in [0.2, 0.25) is 0 Å². The highest BCUT2D eigenvalue weighted by atomic mass is 16.6. The molecule has 0 aliphatic carbocycles. The van der Waals surface area contributed by atoms with Gasteiger partial charge in [-0.05, 0) is 96.3 Å². The normalized spacial score (nSPS) is 12.7. The van der Waals surface area contributed by atoms with Crippen molar-refractivity contribution in [3.63, 3.8) is 0 Å². The van der Waals surface area contributed by atoms with Crippen LogP contribution in [0.3, 0.4) is 0 Å². The van der Waals surface area contributed by atoms with Crippen molar-refractivity contribution in [2.75, 3.05) is 13.2 Å². The van der Waals surface area contributed by atoms with Gasteiger partial charge in [-0.3, -0.25) is 14.4 Å². The number of rotatable bonds is 60. The minimum Gasteiger partial charge on any atom is -0.462 e. The van der Waals surface area contributed by atoms with E-state index in [1.807, 2.05) is 0 Å². The van der Waals surface area contributed by atoms with Gasteiger partial charge in [0, 0.05) is 19.3 Å². The topological polar surface area (TPSA) is 78.9 Å². The number of unbranched alkanes of at least 4 members (excludes halogenated alkanes) is 33. The summed E-state index contributed by atoms with van der Waals surface area (Å²) in [5.41, 5.74) is 0. The van der Waals surface area contributed by atoms with Crippen molar-refractivity contribution in [3.05, 3.63) is 97.2 Å². The molecular formula is C72H124O6. The molecule has 448 valence electrons. The molecule has 6 heteroatoms. The Labute approximate surface area is 483 Å². The molecule has 0 N–H and O–H groups in total. The summed E-state index contributed by atoms with van der Waals surface area (Å²) in [5.74, 6) is -0.886. The molecule has 0 aromatic carbocycles. The molecule has 0 radical (unpaired) electrons. The van der Waals surface area contributed by atoms with Crippen molar-refractivity contribution in [1.29, 1.82) is 0 Å². The van der Waals surface area contributed by atoms with Gasteiger partial charge in [-0.2, -0.15) is 0 Å². The number of allylic oxidation sites excluding steroid dienone is 16. The zero-order valence-electron chi connectivity index (χ0n) is 51.4. The number of ether oxygens (including phenoxy) is 3. The summed E-state index contributed by atoms with van der Waals surface area (Å²) in [6, 6.07) is 0. The van der Waals surface area contributed by atoms with Crippen LogP contribution in [-0.2, 0) is 28.6 Å². The van der Waals surface area contributed by atoms with Gasteiger partial charge in [0.1, 0.15) is 13.2 Å². The number of carbonyl (C=O) groups excluding carboxylic acids is 3. The first-order chi connectivity index (χ1) is 38.5. The fourth-order valence-electron chi connectivity index (χ4n) is 9.37. The van der Waals surface area contributed by atoms with Crippen LogP contribution in [0.4, 0.5) is 0 Å². The molecule has 0 bridgehead atoms. The SMILES string of the molecule is CC/C=C\C/C=C\C/C=C\C/C=C\C/C=C\C/C=C\CCCCCCCCCCCCC(=O)OCC(COC(=O)CCCCCCC/C=C\C/C=C\CCC)OC(=O)CCCCCCCCCCCCCCCCCCCC. The zero-order valence-corrected chi connectivity index (χ0v) is 51.4. The van der Waals surface area contributed by atoms with Crippen molar-refractivity contribution < 1.29 is 28.6 Å². The molecule has 6 nitrogen and oxygen atoms in total. The van der Waals surface area contributed by atoms with E-state index in [1.165, 1.54) is 161 Å². The maximum atomic E-state index is 12.9. The highest BCUT2D eigenvalue weighted by Gasteiger charge is 2.19. The molecule has 0 saturated carbocycles. The number of hydrogen-bond acceptors (Lipinski definition) is 6. The van der Waals surface area contributed by atoms with Gasteiger partial charge in [-0.25, -0.2) is 0 Å². The van der Waals surface area contributed by atoms with Crippen LogP contribution >= 0.6 is 0 Å². The predicted molar refractivity (Wildman–Crippen MR) is 339 cm³/mol. The van der Waals surface area contributed by atoms with E-state index in [0.717, 1.165) is 122 Å². The first kappa shape index (κ1) is 74.3. The van der Waals surface area contributed by atoms with Crippen molar-refractivity contribution in [1.82, 2.24) is 0 Å². The number of esters is 3. The lowest BCUT2D eigenvalue weighted by atomic mass is 10.0. The summed E-state index contributed by atoms with van der Waals surface area (Å²) in [4.78, 5) is 38.3. The van der Waals surface area contributed by atoms with E-state index in [1.54, 1.807) is 0 Å². The molecule has 1 unspecified atom stereocenters. The maximum absolute atomic E-state index is 12.9. The number of carbonyl (C=O) groups is 3. The van der Waals surface area contributed by atoms with Gasteiger partial charge in [0.25, 0.3) is 0 Å². The van der Waals surface area contributed by atoms with Gasteiger partial charge in [0.15, 0.2) is 6.10 Å². The molecule has 0 aliphatic heterocycles. The zero-order chi connectivity index (χ0) is 56.4. The van der Waals surface area contributed by atoms with Crippen LogP contribution in [0.2, 0.25) is 0 Å². The van der Waals surface area contributed by atoms with Crippen molar-refractivity contribution in [2.45, 2.75) is 329 Å². The fourth-order valence-corrected chi connectivity index (χ4v) is 9.37. The Morgan fingerprint density at radius 1 is 0.269 bits per heavy atom. The predicted octanol–water partition coefficient (Wildman–Crippen LogP) is 22.8. The second kappa shape index (κ2) is 65.8. The van der Waals surface area contributed by atoms with E-state index in [-0.39, 0.29) is 31.1 Å². The molecule has 0 aliphatic rings. The van der Waals surface area contributed by atoms with E-state index >= 15 is 0 Å². The van der Waals surface area contributed by atoms with Crippen LogP contribution in [-0.4, -0.2) is 37.2 Å². The van der Waals surface area contributed by atoms with Crippen LogP contribution in [0.25, 0.3) is 0 Å². The maximum Gasteiger partial charge on any atom is 0.306 e. The molecule has 1 atom stereocenters. The molecule has 0 amide bonds. The van der Waals surface area contributed by atoms with Crippen LogP contribution in [0, 0.1) is 0 Å². The lowest BCUT2D eigenvalue weighted by Gasteiger charge is -2.18. The van der Waals surface area contributed by atoms with Crippen molar-refractivity contribution in [3.8, 4) is 0 Å². The van der Waals surface area contributed by atoms with Gasteiger partial charge < -0.3 is 14.2 Å². The summed E-state index contributed by atoms with van der Waals surface area (Å²) < 4.78 is 16.9. The van der Waals surface area contributed by atoms with Crippen LogP contribution in [0.1, 0.15) is 323 Å². The molecular weight excluding hydrogens is 961 g/mol. The van der Waals surface area contributed by atoms with E-state index < -0.39 is 6.10 Å². The minimum absolute atomic E-state index is 0.0815. The third-order valence-corrected chi connectivity index (χ3v) is 14.3. The Morgan fingerprint density at radius 3 is 0.833 bits per heavy atom. The van der Waals surface area contributed by atoms with Crippen LogP contribution in [0.15, 0.2) is 97.2 Å². The molecule has 0 fully saturated rings. The molecule has 0 spiro atoms. The summed E-state index contributed by atoms with van der Waals surface area (Å²) in [5, 5.41) is 0. The third kappa shape index (κ3) is 63.2. The Morgan fingerprint density at radius 2 is 0.526 bits per heavy atom. The third-order valence-electron chi connectivity index (χ3n) is 14.3. The number of hydrogen-bond donors (Lipinski definition) is 0. The van der Waals surface area contributed by atoms with E-state index in [0.29, 0.717) is 19.3 Å². The quantitative estimate of drug-likeness (QED) is 0.0261. The Bertz CT molecular complexity index is 1530. The van der Waals surface area contributed by atoms with E-state index in [4.69, 9.17) is 14.2 Å². The largest absolute Gasteiger partial charge is 0.462 e. The van der Waals surface area contributed by atoms with Crippen molar-refractivity contribution in [2.24, 2.45) is 0 Å². The fraction of sp³-hybridized carbons (Fsp3) is 0.736. The Balaban J connectivity index is 4.28. The van der Waals surface area contributed by atoms with Crippen molar-refractivity contribution >= 4 is 17.9 Å². The lowest BCUT2D eigenvalue weighted by molar-refractivity contribution is -0.167. The lowest BCUT2D eigenvalue weighted by Crippen LogP contribution is -2.30. The first-order valence-electron chi connectivity index (χ1n) is 33.2. The molecule has 0 heterocycles. The standard InChI is InChI=1S/C72H124O6/c1-4-7-10-13-16-19-22-25-27-29-31-32-33-34-35-36-37-38-39-40-41-43-44-47-50-53-56-59-62-65-71(74)77-68-69(67-76-70(73)64-61-58-55-52-49-46-24-21-18-15-12-9-6-3)78-72(75)66-63-60-57-54-51-48-45-42-30-28-26-23-20-17-14-11-8-5-2/h7,10,12,15-16,19,21,24-25,27,31-32,34-35,37-38,69H,4-6,8-9,11,13-14,17-18,20,22-23,26,28-30,33,36,39-68H2,1-3H3/b10-7-,15-12-,19-16-,24-21-,27-25-,32-31-,35-34-,38-37-. The summed E-state index contributed by atoms with van der Waals surface area (Å²) >= 11 is 0. The summed E-state index contributed by atoms with van der Waals surface area (Å²) in [7, 11) is 0. The highest BCUT2D eigenvalue weighted by Crippen LogP contribution is 2.17. The smallest absolute Gasteiger partial charge is 0.306 e. The first-order valence-corrected chi connectivity index (χ1v) is 33.2. The highest BCUT2D eigenvalue weighted by molar-refractivity contribution is 5.71. The Kier molecular flexibility index (Phi) is 62.7. The van der Waals surface area contributed by atoms with Crippen LogP contribution in [0.5, 0.6) is 0 Å². The van der Waals surface area contributed by atoms with E-state index in [2.05, 4.69) is 118 Å². The van der Waals surface area contributed by atoms with Crippen LogP contribution < -0.4 is 0 Å². The molecule has 0 saturated heterocycles. The second-order valence-electron chi connectivity index (χ2n) is 22.0. The van der Waals surface area contributed by atoms with Gasteiger partial charge in [-0.15, -0.1) is 0 Å². The van der Waals surface area contributed by atoms with Gasteiger partial charge in [0.05, 0.1) is 0 Å².